The van der Waals surface area contributed by atoms with E-state index < -0.39 is 5.82 Å². The average molecular weight is 243 g/mol. The van der Waals surface area contributed by atoms with E-state index in [2.05, 4.69) is 5.32 Å². The van der Waals surface area contributed by atoms with Crippen molar-refractivity contribution in [1.82, 2.24) is 0 Å². The molecule has 1 amide bonds. The maximum Gasteiger partial charge on any atom is 0.211 e. The summed E-state index contributed by atoms with van der Waals surface area (Å²) in [6, 6.07) is 12.2. The number of amides is 1. The minimum atomic E-state index is -0.522. The smallest absolute Gasteiger partial charge is 0.211 e. The zero-order valence-electron chi connectivity index (χ0n) is 9.39. The second-order valence-electron chi connectivity index (χ2n) is 3.65. The predicted octanol–water partition coefficient (Wildman–Crippen LogP) is 2.63. The van der Waals surface area contributed by atoms with Gasteiger partial charge in [-0.3, -0.25) is 9.59 Å². The van der Waals surface area contributed by atoms with Crippen LogP contribution in [0, 0.1) is 5.82 Å². The van der Waals surface area contributed by atoms with Crippen LogP contribution in [0.15, 0.2) is 48.5 Å². The van der Waals surface area contributed by atoms with Crippen molar-refractivity contribution in [3.05, 3.63) is 65.5 Å². The fraction of sp³-hybridized carbons (Fsp3) is 0. The standard InChI is InChI=1S/C14H10FNO2/c15-11-6-7-13(16-9-17)12(8-11)14(18)10-4-2-1-3-5-10/h1-9H,(H,16,17). The number of nitrogens with one attached hydrogen (secondary N) is 1. The van der Waals surface area contributed by atoms with E-state index in [0.717, 1.165) is 6.07 Å². The van der Waals surface area contributed by atoms with Crippen LogP contribution in [0.2, 0.25) is 0 Å². The Hall–Kier alpha value is -2.49. The Labute approximate surface area is 103 Å². The largest absolute Gasteiger partial charge is 0.328 e. The van der Waals surface area contributed by atoms with E-state index in [1.807, 2.05) is 0 Å². The van der Waals surface area contributed by atoms with Crippen molar-refractivity contribution < 1.29 is 14.0 Å². The molecule has 0 radical (unpaired) electrons. The van der Waals surface area contributed by atoms with Gasteiger partial charge in [0, 0.05) is 11.1 Å². The van der Waals surface area contributed by atoms with Gasteiger partial charge in [-0.1, -0.05) is 30.3 Å². The highest BCUT2D eigenvalue weighted by atomic mass is 19.1. The molecular formula is C14H10FNO2. The SMILES string of the molecule is O=CNc1ccc(F)cc1C(=O)c1ccccc1. The van der Waals surface area contributed by atoms with Crippen molar-refractivity contribution in [2.24, 2.45) is 0 Å². The summed E-state index contributed by atoms with van der Waals surface area (Å²) in [5, 5.41) is 2.39. The van der Waals surface area contributed by atoms with Crippen LogP contribution in [0.1, 0.15) is 15.9 Å². The molecule has 18 heavy (non-hydrogen) atoms. The lowest BCUT2D eigenvalue weighted by Gasteiger charge is -2.07. The maximum absolute atomic E-state index is 13.2. The summed E-state index contributed by atoms with van der Waals surface area (Å²) in [5.41, 5.74) is 0.866. The third-order valence-electron chi connectivity index (χ3n) is 2.48. The summed E-state index contributed by atoms with van der Waals surface area (Å²) in [6.07, 6.45) is 0.453. The van der Waals surface area contributed by atoms with Crippen LogP contribution >= 0.6 is 0 Å². The number of benzene rings is 2. The number of rotatable bonds is 4. The highest BCUT2D eigenvalue weighted by Crippen LogP contribution is 2.20. The molecule has 0 aromatic heterocycles. The number of ketones is 1. The molecule has 0 aliphatic carbocycles. The molecular weight excluding hydrogens is 233 g/mol. The lowest BCUT2D eigenvalue weighted by atomic mass is 10.0. The Bertz CT molecular complexity index is 582. The van der Waals surface area contributed by atoms with E-state index in [1.54, 1.807) is 30.3 Å². The van der Waals surface area contributed by atoms with Gasteiger partial charge in [0.15, 0.2) is 5.78 Å². The van der Waals surface area contributed by atoms with Crippen LogP contribution in [0.25, 0.3) is 0 Å². The van der Waals surface area contributed by atoms with Crippen molar-refractivity contribution in [2.75, 3.05) is 5.32 Å². The van der Waals surface area contributed by atoms with E-state index in [-0.39, 0.29) is 11.3 Å². The predicted molar refractivity (Wildman–Crippen MR) is 66.0 cm³/mol. The van der Waals surface area contributed by atoms with Crippen LogP contribution in [0.5, 0.6) is 0 Å². The fourth-order valence-corrected chi connectivity index (χ4v) is 1.64. The monoisotopic (exact) mass is 243 g/mol. The van der Waals surface area contributed by atoms with Gasteiger partial charge >= 0.3 is 0 Å². The summed E-state index contributed by atoms with van der Waals surface area (Å²) in [6.45, 7) is 0. The normalized spacial score (nSPS) is 9.83. The molecule has 0 saturated heterocycles. The molecule has 2 aromatic rings. The average Bonchev–Trinajstić information content (AvgIpc) is 2.41. The Morgan fingerprint density at radius 3 is 2.50 bits per heavy atom. The van der Waals surface area contributed by atoms with Gasteiger partial charge < -0.3 is 5.32 Å². The van der Waals surface area contributed by atoms with Gasteiger partial charge in [0.05, 0.1) is 5.69 Å². The number of carbonyl (C=O) groups is 2. The molecule has 0 bridgehead atoms. The van der Waals surface area contributed by atoms with Crippen molar-refractivity contribution in [3.63, 3.8) is 0 Å². The second kappa shape index (κ2) is 5.23. The molecule has 3 nitrogen and oxygen atoms in total. The van der Waals surface area contributed by atoms with Gasteiger partial charge in [-0.05, 0) is 18.2 Å². The molecule has 90 valence electrons. The summed E-state index contributed by atoms with van der Waals surface area (Å²) in [4.78, 5) is 22.6. The lowest BCUT2D eigenvalue weighted by molar-refractivity contribution is -0.105. The van der Waals surface area contributed by atoms with Crippen molar-refractivity contribution in [2.45, 2.75) is 0 Å². The molecule has 2 aromatic carbocycles. The quantitative estimate of drug-likeness (QED) is 0.662. The van der Waals surface area contributed by atoms with Crippen molar-refractivity contribution in [1.29, 1.82) is 0 Å². The highest BCUT2D eigenvalue weighted by Gasteiger charge is 2.14. The first-order valence-corrected chi connectivity index (χ1v) is 5.32. The van der Waals surface area contributed by atoms with Crippen LogP contribution in [0.3, 0.4) is 0 Å². The summed E-state index contributed by atoms with van der Waals surface area (Å²) >= 11 is 0. The molecule has 0 aliphatic heterocycles. The number of carbonyl (C=O) groups excluding carboxylic acids is 2. The van der Waals surface area contributed by atoms with Gasteiger partial charge in [-0.2, -0.15) is 0 Å². The van der Waals surface area contributed by atoms with E-state index in [1.165, 1.54) is 12.1 Å². The number of hydrogen-bond acceptors (Lipinski definition) is 2. The number of halogens is 1. The Kier molecular flexibility index (Phi) is 3.48. The summed E-state index contributed by atoms with van der Waals surface area (Å²) in [7, 11) is 0. The first-order valence-electron chi connectivity index (χ1n) is 5.32. The summed E-state index contributed by atoms with van der Waals surface area (Å²) in [5.74, 6) is -0.856. The van der Waals surface area contributed by atoms with E-state index in [0.29, 0.717) is 17.7 Å². The Morgan fingerprint density at radius 1 is 1.11 bits per heavy atom. The molecule has 0 saturated carbocycles. The van der Waals surface area contributed by atoms with Crippen LogP contribution in [-0.4, -0.2) is 12.2 Å². The molecule has 0 spiro atoms. The molecule has 4 heteroatoms. The van der Waals surface area contributed by atoms with Crippen molar-refractivity contribution in [3.8, 4) is 0 Å². The first kappa shape index (κ1) is 12.0. The van der Waals surface area contributed by atoms with E-state index in [4.69, 9.17) is 0 Å². The highest BCUT2D eigenvalue weighted by molar-refractivity contribution is 6.13. The lowest BCUT2D eigenvalue weighted by Crippen LogP contribution is -2.07. The number of hydrogen-bond donors (Lipinski definition) is 1. The van der Waals surface area contributed by atoms with E-state index in [9.17, 15) is 14.0 Å². The molecule has 0 fully saturated rings. The minimum absolute atomic E-state index is 0.133. The summed E-state index contributed by atoms with van der Waals surface area (Å²) < 4.78 is 13.2. The minimum Gasteiger partial charge on any atom is -0.328 e. The Balaban J connectivity index is 2.46. The van der Waals surface area contributed by atoms with Gasteiger partial charge in [0.1, 0.15) is 5.82 Å². The molecule has 1 N–H and O–H groups in total. The van der Waals surface area contributed by atoms with E-state index >= 15 is 0 Å². The third kappa shape index (κ3) is 2.43. The zero-order chi connectivity index (χ0) is 13.0. The topological polar surface area (TPSA) is 46.2 Å². The van der Waals surface area contributed by atoms with Gasteiger partial charge in [-0.15, -0.1) is 0 Å². The third-order valence-corrected chi connectivity index (χ3v) is 2.48. The van der Waals surface area contributed by atoms with Gasteiger partial charge in [0.2, 0.25) is 6.41 Å². The first-order chi connectivity index (χ1) is 8.72. The second-order valence-corrected chi connectivity index (χ2v) is 3.65. The Morgan fingerprint density at radius 2 is 1.83 bits per heavy atom. The van der Waals surface area contributed by atoms with Gasteiger partial charge in [-0.25, -0.2) is 4.39 Å². The fourth-order valence-electron chi connectivity index (χ4n) is 1.64. The van der Waals surface area contributed by atoms with Crippen molar-refractivity contribution >= 4 is 17.9 Å². The van der Waals surface area contributed by atoms with Crippen LogP contribution in [0.4, 0.5) is 10.1 Å². The molecule has 0 heterocycles. The van der Waals surface area contributed by atoms with Gasteiger partial charge in [0.25, 0.3) is 0 Å². The molecule has 0 aliphatic rings. The van der Waals surface area contributed by atoms with Crippen LogP contribution in [-0.2, 0) is 4.79 Å². The molecule has 2 rings (SSSR count). The molecule has 0 atom stereocenters. The van der Waals surface area contributed by atoms with Crippen LogP contribution < -0.4 is 5.32 Å². The maximum atomic E-state index is 13.2. The zero-order valence-corrected chi connectivity index (χ0v) is 9.39. The molecule has 0 unspecified atom stereocenters. The number of anilines is 1.